The first-order valence-corrected chi connectivity index (χ1v) is 4.15. The molecule has 4 heteroatoms. The van der Waals surface area contributed by atoms with Crippen molar-refractivity contribution < 1.29 is 0 Å². The molecule has 13 heavy (non-hydrogen) atoms. The van der Waals surface area contributed by atoms with E-state index in [1.165, 1.54) is 0 Å². The van der Waals surface area contributed by atoms with E-state index in [1.807, 2.05) is 24.3 Å². The average Bonchev–Trinajstić information content (AvgIpc) is 2.08. The van der Waals surface area contributed by atoms with Crippen LogP contribution in [-0.2, 0) is 6.42 Å². The van der Waals surface area contributed by atoms with Gasteiger partial charge in [0.15, 0.2) is 5.11 Å². The molecule has 0 fully saturated rings. The molecule has 0 bridgehead atoms. The van der Waals surface area contributed by atoms with Gasteiger partial charge in [0.2, 0.25) is 0 Å². The van der Waals surface area contributed by atoms with Crippen molar-refractivity contribution >= 4 is 23.0 Å². The quantitative estimate of drug-likeness (QED) is 0.694. The van der Waals surface area contributed by atoms with Crippen LogP contribution in [0.3, 0.4) is 0 Å². The van der Waals surface area contributed by atoms with E-state index in [0.29, 0.717) is 6.42 Å². The van der Waals surface area contributed by atoms with Crippen LogP contribution in [0.1, 0.15) is 5.56 Å². The molecule has 1 rings (SSSR count). The zero-order valence-electron chi connectivity index (χ0n) is 6.95. The van der Waals surface area contributed by atoms with E-state index < -0.39 is 0 Å². The van der Waals surface area contributed by atoms with Gasteiger partial charge in [0.1, 0.15) is 0 Å². The third-order valence-electron chi connectivity index (χ3n) is 1.50. The molecule has 1 aromatic rings. The van der Waals surface area contributed by atoms with E-state index in [2.05, 4.69) is 23.6 Å². The topological polar surface area (TPSA) is 61.8 Å². The summed E-state index contributed by atoms with van der Waals surface area (Å²) in [6.07, 6.45) is 0.424. The van der Waals surface area contributed by atoms with Crippen LogP contribution in [0.15, 0.2) is 24.3 Å². The number of rotatable bonds is 2. The molecule has 3 N–H and O–H groups in total. The number of anilines is 1. The van der Waals surface area contributed by atoms with E-state index in [0.717, 1.165) is 11.3 Å². The number of nitrogens with zero attached hydrogens (tertiary/aromatic N) is 1. The summed E-state index contributed by atoms with van der Waals surface area (Å²) in [6.45, 7) is 0. The molecular formula is C9H9N3S. The highest BCUT2D eigenvalue weighted by molar-refractivity contribution is 7.80. The molecule has 0 heterocycles. The van der Waals surface area contributed by atoms with Crippen molar-refractivity contribution in [1.29, 1.82) is 5.26 Å². The molecule has 0 saturated carbocycles. The first kappa shape index (κ1) is 9.49. The first-order valence-electron chi connectivity index (χ1n) is 3.74. The minimum Gasteiger partial charge on any atom is -0.376 e. The lowest BCUT2D eigenvalue weighted by Crippen LogP contribution is -2.18. The molecular weight excluding hydrogens is 182 g/mol. The van der Waals surface area contributed by atoms with Crippen molar-refractivity contribution in [1.82, 2.24) is 0 Å². The van der Waals surface area contributed by atoms with Gasteiger partial charge < -0.3 is 11.1 Å². The van der Waals surface area contributed by atoms with Crippen molar-refractivity contribution in [3.8, 4) is 6.07 Å². The highest BCUT2D eigenvalue weighted by Gasteiger charge is 1.93. The van der Waals surface area contributed by atoms with Crippen molar-refractivity contribution in [2.75, 3.05) is 5.32 Å². The number of nitrogens with two attached hydrogens (primary N) is 1. The fourth-order valence-electron chi connectivity index (χ4n) is 0.939. The molecule has 0 aliphatic carbocycles. The normalized spacial score (nSPS) is 8.85. The van der Waals surface area contributed by atoms with E-state index in [9.17, 15) is 0 Å². The van der Waals surface area contributed by atoms with Gasteiger partial charge >= 0.3 is 0 Å². The van der Waals surface area contributed by atoms with Crippen LogP contribution in [0, 0.1) is 11.3 Å². The monoisotopic (exact) mass is 191 g/mol. The standard InChI is InChI=1S/C9H9N3S/c10-6-5-7-1-3-8(4-2-7)12-9(11)13/h1-4H,5H2,(H3,11,12,13). The highest BCUT2D eigenvalue weighted by atomic mass is 32.1. The largest absolute Gasteiger partial charge is 0.376 e. The molecule has 0 aliphatic heterocycles. The van der Waals surface area contributed by atoms with Gasteiger partial charge in [0, 0.05) is 5.69 Å². The van der Waals surface area contributed by atoms with Gasteiger partial charge in [-0.15, -0.1) is 0 Å². The van der Waals surface area contributed by atoms with Crippen LogP contribution in [0.5, 0.6) is 0 Å². The zero-order valence-corrected chi connectivity index (χ0v) is 7.77. The van der Waals surface area contributed by atoms with E-state index in [-0.39, 0.29) is 5.11 Å². The van der Waals surface area contributed by atoms with Crippen molar-refractivity contribution in [3.63, 3.8) is 0 Å². The van der Waals surface area contributed by atoms with Gasteiger partial charge in [-0.2, -0.15) is 5.26 Å². The minimum atomic E-state index is 0.244. The number of nitrogens with one attached hydrogen (secondary N) is 1. The molecule has 3 nitrogen and oxygen atoms in total. The van der Waals surface area contributed by atoms with E-state index in [1.54, 1.807) is 0 Å². The number of nitriles is 1. The van der Waals surface area contributed by atoms with Crippen LogP contribution in [-0.4, -0.2) is 5.11 Å². The second-order valence-electron chi connectivity index (χ2n) is 2.52. The van der Waals surface area contributed by atoms with E-state index in [4.69, 9.17) is 11.0 Å². The Morgan fingerprint density at radius 3 is 2.54 bits per heavy atom. The summed E-state index contributed by atoms with van der Waals surface area (Å²) in [5, 5.41) is 11.5. The molecule has 0 aliphatic rings. The summed E-state index contributed by atoms with van der Waals surface area (Å²) in [4.78, 5) is 0. The van der Waals surface area contributed by atoms with E-state index >= 15 is 0 Å². The first-order chi connectivity index (χ1) is 6.22. The van der Waals surface area contributed by atoms with Crippen molar-refractivity contribution in [2.24, 2.45) is 5.73 Å². The Bertz CT molecular complexity index is 337. The van der Waals surface area contributed by atoms with Gasteiger partial charge in [-0.1, -0.05) is 12.1 Å². The Morgan fingerprint density at radius 2 is 2.08 bits per heavy atom. The van der Waals surface area contributed by atoms with Crippen LogP contribution >= 0.6 is 12.2 Å². The Morgan fingerprint density at radius 1 is 1.46 bits per heavy atom. The second-order valence-corrected chi connectivity index (χ2v) is 2.96. The zero-order chi connectivity index (χ0) is 9.68. The van der Waals surface area contributed by atoms with Gasteiger partial charge in [-0.3, -0.25) is 0 Å². The third-order valence-corrected chi connectivity index (χ3v) is 1.61. The predicted octanol–water partition coefficient (Wildman–Crippen LogP) is 1.41. The fraction of sp³-hybridized carbons (Fsp3) is 0.111. The van der Waals surface area contributed by atoms with Crippen molar-refractivity contribution in [3.05, 3.63) is 29.8 Å². The number of hydrogen-bond acceptors (Lipinski definition) is 2. The Labute approximate surface area is 82.2 Å². The maximum absolute atomic E-state index is 8.43. The number of benzene rings is 1. The van der Waals surface area contributed by atoms with Crippen molar-refractivity contribution in [2.45, 2.75) is 6.42 Å². The Kier molecular flexibility index (Phi) is 3.23. The van der Waals surface area contributed by atoms with Gasteiger partial charge in [-0.05, 0) is 29.9 Å². The number of thiocarbonyl (C=S) groups is 1. The molecule has 0 atom stereocenters. The summed E-state index contributed by atoms with van der Waals surface area (Å²) >= 11 is 4.68. The van der Waals surface area contributed by atoms with Crippen LogP contribution in [0.4, 0.5) is 5.69 Å². The number of hydrogen-bond donors (Lipinski definition) is 2. The second kappa shape index (κ2) is 4.43. The molecule has 66 valence electrons. The average molecular weight is 191 g/mol. The Hall–Kier alpha value is -1.60. The third kappa shape index (κ3) is 3.09. The molecule has 0 spiro atoms. The summed E-state index contributed by atoms with van der Waals surface area (Å²) in [7, 11) is 0. The molecule has 1 aromatic carbocycles. The lowest BCUT2D eigenvalue weighted by Gasteiger charge is -2.03. The Balaban J connectivity index is 2.70. The lowest BCUT2D eigenvalue weighted by molar-refractivity contribution is 1.26. The molecule has 0 radical (unpaired) electrons. The maximum atomic E-state index is 8.43. The molecule has 0 aromatic heterocycles. The van der Waals surface area contributed by atoms with Crippen LogP contribution < -0.4 is 11.1 Å². The molecule has 0 amide bonds. The summed E-state index contributed by atoms with van der Waals surface area (Å²) in [6, 6.07) is 9.48. The molecule has 0 saturated heterocycles. The SMILES string of the molecule is N#CCc1ccc(NC(N)=S)cc1. The maximum Gasteiger partial charge on any atom is 0.168 e. The lowest BCUT2D eigenvalue weighted by atomic mass is 10.1. The van der Waals surface area contributed by atoms with Gasteiger partial charge in [0.25, 0.3) is 0 Å². The van der Waals surface area contributed by atoms with Gasteiger partial charge in [0.05, 0.1) is 12.5 Å². The smallest absolute Gasteiger partial charge is 0.168 e. The van der Waals surface area contributed by atoms with Crippen LogP contribution in [0.25, 0.3) is 0 Å². The van der Waals surface area contributed by atoms with Gasteiger partial charge in [-0.25, -0.2) is 0 Å². The summed E-state index contributed by atoms with van der Waals surface area (Å²) < 4.78 is 0. The molecule has 0 unspecified atom stereocenters. The fourth-order valence-corrected chi connectivity index (χ4v) is 1.06. The summed E-state index contributed by atoms with van der Waals surface area (Å²) in [5.74, 6) is 0. The minimum absolute atomic E-state index is 0.244. The highest BCUT2D eigenvalue weighted by Crippen LogP contribution is 2.09. The predicted molar refractivity (Wildman–Crippen MR) is 56.2 cm³/mol. The van der Waals surface area contributed by atoms with Crippen LogP contribution in [0.2, 0.25) is 0 Å². The summed E-state index contributed by atoms with van der Waals surface area (Å²) in [5.41, 5.74) is 7.11.